The van der Waals surface area contributed by atoms with Crippen LogP contribution in [0.5, 0.6) is 5.75 Å². The first kappa shape index (κ1) is 49.5. The van der Waals surface area contributed by atoms with Crippen LogP contribution < -0.4 is 10.5 Å². The van der Waals surface area contributed by atoms with E-state index >= 15 is 0 Å². The van der Waals surface area contributed by atoms with E-state index in [4.69, 9.17) is 38.5 Å². The Kier molecular flexibility index (Phi) is 20.7. The van der Waals surface area contributed by atoms with Crippen molar-refractivity contribution in [2.75, 3.05) is 45.9 Å². The van der Waals surface area contributed by atoms with Gasteiger partial charge >= 0.3 is 7.82 Å². The van der Waals surface area contributed by atoms with Gasteiger partial charge in [-0.3, -0.25) is 9.05 Å². The number of ether oxygens (including phenoxy) is 5. The summed E-state index contributed by atoms with van der Waals surface area (Å²) in [6.07, 6.45) is 20.2. The molecule has 5 atom stereocenters. The molecule has 0 spiro atoms. The van der Waals surface area contributed by atoms with E-state index in [2.05, 4.69) is 17.0 Å². The van der Waals surface area contributed by atoms with Crippen molar-refractivity contribution in [3.05, 3.63) is 53.7 Å². The summed E-state index contributed by atoms with van der Waals surface area (Å²) in [6, 6.07) is 9.19. The van der Waals surface area contributed by atoms with Gasteiger partial charge in [-0.05, 0) is 51.5 Å². The van der Waals surface area contributed by atoms with Gasteiger partial charge < -0.3 is 34.3 Å². The first-order valence-corrected chi connectivity index (χ1v) is 23.3. The zero-order valence-corrected chi connectivity index (χ0v) is 37.3. The minimum Gasteiger partial charge on any atom is -0.493 e. The Morgan fingerprint density at radius 3 is 2.20 bits per heavy atom. The predicted molar refractivity (Wildman–Crippen MR) is 228 cm³/mol. The highest BCUT2D eigenvalue weighted by molar-refractivity contribution is 7.47. The van der Waals surface area contributed by atoms with E-state index in [1.807, 2.05) is 6.07 Å². The number of hydrogen-bond donors (Lipinski definition) is 2. The Morgan fingerprint density at radius 1 is 0.950 bits per heavy atom. The van der Waals surface area contributed by atoms with Crippen molar-refractivity contribution >= 4 is 19.2 Å². The summed E-state index contributed by atoms with van der Waals surface area (Å²) in [4.78, 5) is 14.9. The Balaban J connectivity index is 1.24. The lowest BCUT2D eigenvalue weighted by molar-refractivity contribution is -0.180. The zero-order chi connectivity index (χ0) is 43.4. The Morgan fingerprint density at radius 2 is 1.58 bits per heavy atom. The third-order valence-corrected chi connectivity index (χ3v) is 11.9. The average molecular weight is 862 g/mol. The fraction of sp³-hybridized carbons (Fsp3) is 0.705. The van der Waals surface area contributed by atoms with Crippen LogP contribution in [0.15, 0.2) is 36.7 Å². The highest BCUT2D eigenvalue weighted by atomic mass is 31.2. The average Bonchev–Trinajstić information content (AvgIpc) is 3.81. The standard InChI is InChI=1S/C44H69FN5O9P/c1-6-7-8-9-10-11-12-13-14-15-16-17-18-19-20-21-24-54-29-35(30-55-37-26-34(28-46)25-36(45)27-37)31-56-60(51,52)57-32-44(4,53-5)41-40(58-43(2,3)59-41)38-22-23-39-42(47)48-33-49-50(38)39/h22-23,25-27,33,35,40-41H,6-21,24,29-32H2,1-5H3,(H,51,52)(H2,47,48,49)/t35?,40-,41-,44+/m0/s1. The molecule has 1 saturated heterocycles. The maximum Gasteiger partial charge on any atom is 0.472 e. The molecule has 16 heteroatoms. The van der Waals surface area contributed by atoms with Crippen LogP contribution >= 0.6 is 7.82 Å². The summed E-state index contributed by atoms with van der Waals surface area (Å²) in [5.74, 6) is -1.76. The number of nitrogens with zero attached hydrogens (tertiary/aromatic N) is 4. The maximum atomic E-state index is 14.1. The smallest absolute Gasteiger partial charge is 0.472 e. The number of unbranched alkanes of at least 4 members (excludes halogenated alkanes) is 15. The van der Waals surface area contributed by atoms with E-state index in [1.54, 1.807) is 37.4 Å². The molecular weight excluding hydrogens is 792 g/mol. The van der Waals surface area contributed by atoms with Crippen LogP contribution in [0.4, 0.5) is 10.2 Å². The van der Waals surface area contributed by atoms with Crippen LogP contribution in [-0.2, 0) is 32.6 Å². The quantitative estimate of drug-likeness (QED) is 0.0461. The zero-order valence-electron chi connectivity index (χ0n) is 36.4. The number of halogens is 1. The second-order valence-electron chi connectivity index (χ2n) is 16.6. The lowest BCUT2D eigenvalue weighted by atomic mass is 9.93. The largest absolute Gasteiger partial charge is 0.493 e. The number of nitriles is 1. The normalized spacial score (nSPS) is 18.9. The van der Waals surface area contributed by atoms with E-state index < -0.39 is 49.8 Å². The van der Waals surface area contributed by atoms with Crippen molar-refractivity contribution in [1.82, 2.24) is 14.6 Å². The van der Waals surface area contributed by atoms with Gasteiger partial charge in [0, 0.05) is 25.7 Å². The number of methoxy groups -OCH3 is 1. The Bertz CT molecular complexity index is 1810. The number of rotatable bonds is 31. The molecule has 336 valence electrons. The molecule has 0 radical (unpaired) electrons. The molecule has 1 fully saturated rings. The summed E-state index contributed by atoms with van der Waals surface area (Å²) in [6.45, 7) is 7.40. The molecule has 60 heavy (non-hydrogen) atoms. The van der Waals surface area contributed by atoms with E-state index in [0.29, 0.717) is 23.6 Å². The monoisotopic (exact) mass is 861 g/mol. The van der Waals surface area contributed by atoms with Crippen molar-refractivity contribution in [2.24, 2.45) is 5.92 Å². The fourth-order valence-electron chi connectivity index (χ4n) is 7.39. The van der Waals surface area contributed by atoms with Crippen molar-refractivity contribution in [2.45, 2.75) is 154 Å². The number of nitrogens with two attached hydrogens (primary N) is 1. The van der Waals surface area contributed by atoms with Gasteiger partial charge in [0.25, 0.3) is 0 Å². The predicted octanol–water partition coefficient (Wildman–Crippen LogP) is 10.0. The lowest BCUT2D eigenvalue weighted by Crippen LogP contribution is -2.48. The van der Waals surface area contributed by atoms with Crippen LogP contribution in [0.1, 0.15) is 148 Å². The van der Waals surface area contributed by atoms with Gasteiger partial charge in [-0.1, -0.05) is 103 Å². The number of phosphoric acid groups is 1. The van der Waals surface area contributed by atoms with Gasteiger partial charge in [-0.15, -0.1) is 0 Å². The number of fused-ring (bicyclic) bond motifs is 1. The molecule has 2 aromatic heterocycles. The number of hydrogen-bond acceptors (Lipinski definition) is 12. The van der Waals surface area contributed by atoms with E-state index in [9.17, 15) is 19.1 Å². The second kappa shape index (κ2) is 25.1. The van der Waals surface area contributed by atoms with Gasteiger partial charge in [-0.25, -0.2) is 18.5 Å². The molecule has 14 nitrogen and oxygen atoms in total. The molecule has 1 aromatic carbocycles. The van der Waals surface area contributed by atoms with Gasteiger partial charge in [0.05, 0.1) is 43.8 Å². The van der Waals surface area contributed by atoms with Crippen LogP contribution in [0.3, 0.4) is 0 Å². The summed E-state index contributed by atoms with van der Waals surface area (Å²) < 4.78 is 70.4. The Labute approximate surface area is 356 Å². The molecule has 0 saturated carbocycles. The molecule has 3 heterocycles. The van der Waals surface area contributed by atoms with Crippen molar-refractivity contribution in [3.8, 4) is 11.8 Å². The topological polar surface area (TPSA) is 182 Å². The number of anilines is 1. The van der Waals surface area contributed by atoms with E-state index in [0.717, 1.165) is 25.3 Å². The van der Waals surface area contributed by atoms with Crippen LogP contribution in [0.2, 0.25) is 0 Å². The SMILES string of the molecule is CCCCCCCCCCCCCCCCCCOCC(COc1cc(F)cc(C#N)c1)COP(=O)(O)OC[C@@](C)(OC)[C@H]1OC(C)(C)O[C@H]1c1ccc2c(N)ncnn12. The summed E-state index contributed by atoms with van der Waals surface area (Å²) in [7, 11) is -3.23. The fourth-order valence-corrected chi connectivity index (χ4v) is 8.28. The van der Waals surface area contributed by atoms with Crippen molar-refractivity contribution in [3.63, 3.8) is 0 Å². The number of phosphoric ester groups is 1. The van der Waals surface area contributed by atoms with Crippen LogP contribution in [0, 0.1) is 23.1 Å². The highest BCUT2D eigenvalue weighted by Crippen LogP contribution is 2.48. The summed E-state index contributed by atoms with van der Waals surface area (Å²) >= 11 is 0. The highest BCUT2D eigenvalue weighted by Gasteiger charge is 2.53. The van der Waals surface area contributed by atoms with E-state index in [-0.39, 0.29) is 31.1 Å². The minimum absolute atomic E-state index is 0.0353. The number of nitrogen functional groups attached to an aromatic ring is 1. The molecule has 4 rings (SSSR count). The first-order chi connectivity index (χ1) is 28.8. The summed E-state index contributed by atoms with van der Waals surface area (Å²) in [5.41, 5.74) is 6.06. The molecule has 0 bridgehead atoms. The number of aromatic nitrogens is 3. The van der Waals surface area contributed by atoms with Gasteiger partial charge in [-0.2, -0.15) is 10.4 Å². The molecule has 1 aliphatic heterocycles. The molecular formula is C44H69FN5O9P. The maximum absolute atomic E-state index is 14.1. The molecule has 0 aliphatic carbocycles. The van der Waals surface area contributed by atoms with Gasteiger partial charge in [0.1, 0.15) is 41.2 Å². The van der Waals surface area contributed by atoms with Crippen LogP contribution in [0.25, 0.3) is 5.52 Å². The number of benzene rings is 1. The molecule has 1 aliphatic rings. The summed E-state index contributed by atoms with van der Waals surface area (Å²) in [5, 5.41) is 13.6. The van der Waals surface area contributed by atoms with Gasteiger partial charge in [0.15, 0.2) is 11.6 Å². The van der Waals surface area contributed by atoms with Crippen molar-refractivity contribution < 1.29 is 46.6 Å². The van der Waals surface area contributed by atoms with Gasteiger partial charge in [0.2, 0.25) is 0 Å². The van der Waals surface area contributed by atoms with Crippen molar-refractivity contribution in [1.29, 1.82) is 5.26 Å². The second-order valence-corrected chi connectivity index (χ2v) is 18.0. The molecule has 0 amide bonds. The molecule has 2 unspecified atom stereocenters. The third-order valence-electron chi connectivity index (χ3n) is 10.9. The minimum atomic E-state index is -4.68. The van der Waals surface area contributed by atoms with Crippen LogP contribution in [-0.4, -0.2) is 77.1 Å². The first-order valence-electron chi connectivity index (χ1n) is 21.8. The van der Waals surface area contributed by atoms with E-state index in [1.165, 1.54) is 109 Å². The molecule has 3 N–H and O–H groups in total. The Hall–Kier alpha value is -3.19. The molecule has 3 aromatic rings. The lowest BCUT2D eigenvalue weighted by Gasteiger charge is -2.35. The third kappa shape index (κ3) is 16.3.